The minimum absolute atomic E-state index is 0.0671. The largest absolute Gasteiger partial charge is 0.496 e. The molecule has 0 bridgehead atoms. The van der Waals surface area contributed by atoms with Crippen molar-refractivity contribution in [1.29, 1.82) is 0 Å². The third kappa shape index (κ3) is 3.52. The molecule has 34 heavy (non-hydrogen) atoms. The molecule has 4 heteroatoms. The lowest BCUT2D eigenvalue weighted by molar-refractivity contribution is -0.116. The number of carbonyl (C=O) groups excluding carboxylic acids is 1. The molecule has 0 saturated carbocycles. The van der Waals surface area contributed by atoms with Gasteiger partial charge >= 0.3 is 0 Å². The van der Waals surface area contributed by atoms with Crippen molar-refractivity contribution in [2.24, 2.45) is 0 Å². The molecule has 1 aliphatic carbocycles. The normalized spacial score (nSPS) is 19.5. The van der Waals surface area contributed by atoms with Crippen molar-refractivity contribution in [3.8, 4) is 5.75 Å². The molecule has 6 rings (SSSR count). The Bertz CT molecular complexity index is 1440. The lowest BCUT2D eigenvalue weighted by Gasteiger charge is -2.30. The average molecular weight is 447 g/mol. The number of anilines is 2. The second kappa shape index (κ2) is 8.38. The first-order valence-electron chi connectivity index (χ1n) is 11.7. The van der Waals surface area contributed by atoms with Gasteiger partial charge in [-0.1, -0.05) is 66.7 Å². The van der Waals surface area contributed by atoms with Crippen molar-refractivity contribution in [2.45, 2.75) is 24.8 Å². The maximum atomic E-state index is 13.8. The number of methoxy groups -OCH3 is 1. The van der Waals surface area contributed by atoms with E-state index in [9.17, 15) is 4.79 Å². The topological polar surface area (TPSA) is 50.4 Å². The van der Waals surface area contributed by atoms with Crippen molar-refractivity contribution in [3.63, 3.8) is 0 Å². The number of rotatable bonds is 3. The Kier molecular flexibility index (Phi) is 5.06. The number of ether oxygens (including phenoxy) is 1. The van der Waals surface area contributed by atoms with E-state index >= 15 is 0 Å². The summed E-state index contributed by atoms with van der Waals surface area (Å²) >= 11 is 0. The highest BCUT2D eigenvalue weighted by Crippen LogP contribution is 2.45. The van der Waals surface area contributed by atoms with E-state index in [0.717, 1.165) is 45.9 Å². The first kappa shape index (κ1) is 20.5. The molecule has 0 amide bonds. The molecule has 4 aromatic rings. The Morgan fingerprint density at radius 1 is 0.794 bits per heavy atom. The van der Waals surface area contributed by atoms with Crippen LogP contribution >= 0.6 is 0 Å². The Morgan fingerprint density at radius 3 is 2.38 bits per heavy atom. The number of Topliss-reactive ketones (excluding diaryl/α,β-unsaturated/α-hetero) is 1. The number of hydrogen-bond acceptors (Lipinski definition) is 4. The summed E-state index contributed by atoms with van der Waals surface area (Å²) in [5, 5.41) is 9.67. The van der Waals surface area contributed by atoms with Gasteiger partial charge in [0.15, 0.2) is 5.78 Å². The molecular formula is C30H26N2O2. The summed E-state index contributed by atoms with van der Waals surface area (Å²) in [5.41, 5.74) is 5.98. The summed E-state index contributed by atoms with van der Waals surface area (Å²) in [6, 6.07) is 30.8. The van der Waals surface area contributed by atoms with E-state index in [1.807, 2.05) is 30.3 Å². The van der Waals surface area contributed by atoms with E-state index in [0.29, 0.717) is 6.42 Å². The summed E-state index contributed by atoms with van der Waals surface area (Å²) in [7, 11) is 1.69. The van der Waals surface area contributed by atoms with Crippen molar-refractivity contribution in [2.75, 3.05) is 17.7 Å². The number of carbonyl (C=O) groups is 1. The zero-order chi connectivity index (χ0) is 23.1. The molecule has 2 atom stereocenters. The number of hydrogen-bond donors (Lipinski definition) is 2. The van der Waals surface area contributed by atoms with Gasteiger partial charge in [0.05, 0.1) is 24.5 Å². The number of nitrogens with one attached hydrogen (secondary N) is 2. The van der Waals surface area contributed by atoms with E-state index < -0.39 is 0 Å². The number of ketones is 1. The quantitative estimate of drug-likeness (QED) is 0.362. The van der Waals surface area contributed by atoms with E-state index in [4.69, 9.17) is 4.74 Å². The van der Waals surface area contributed by atoms with Gasteiger partial charge in [-0.25, -0.2) is 0 Å². The highest BCUT2D eigenvalue weighted by atomic mass is 16.5. The van der Waals surface area contributed by atoms with Crippen LogP contribution < -0.4 is 15.4 Å². The van der Waals surface area contributed by atoms with Crippen LogP contribution in [0.1, 0.15) is 35.9 Å². The van der Waals surface area contributed by atoms with Crippen LogP contribution in [0.3, 0.4) is 0 Å². The standard InChI is InChI=1S/C30H26N2O2/c1-34-28-13-7-4-10-23(28)22-17-26-29(27(33)18-22)30(32-25-12-6-5-11-24(25)31-26)21-15-14-19-8-2-3-9-20(19)16-21/h2-16,22,30-32H,17-18H2,1H3. The lowest BCUT2D eigenvalue weighted by Crippen LogP contribution is -2.27. The molecule has 168 valence electrons. The Balaban J connectivity index is 1.48. The van der Waals surface area contributed by atoms with Crippen LogP contribution in [0.15, 0.2) is 102 Å². The molecule has 2 N–H and O–H groups in total. The fourth-order valence-corrected chi connectivity index (χ4v) is 5.35. The van der Waals surface area contributed by atoms with Crippen LogP contribution in [-0.4, -0.2) is 12.9 Å². The van der Waals surface area contributed by atoms with Gasteiger partial charge in [-0.15, -0.1) is 0 Å². The van der Waals surface area contributed by atoms with Crippen LogP contribution in [0.25, 0.3) is 10.8 Å². The predicted octanol–water partition coefficient (Wildman–Crippen LogP) is 6.83. The maximum Gasteiger partial charge on any atom is 0.163 e. The molecule has 0 fully saturated rings. The molecule has 1 aliphatic heterocycles. The molecule has 2 aliphatic rings. The fraction of sp³-hybridized carbons (Fsp3) is 0.167. The summed E-state index contributed by atoms with van der Waals surface area (Å²) in [6.45, 7) is 0. The zero-order valence-corrected chi connectivity index (χ0v) is 19.0. The second-order valence-corrected chi connectivity index (χ2v) is 9.02. The summed E-state index contributed by atoms with van der Waals surface area (Å²) in [5.74, 6) is 1.07. The molecule has 0 spiro atoms. The molecule has 1 heterocycles. The highest BCUT2D eigenvalue weighted by Gasteiger charge is 2.36. The smallest absolute Gasteiger partial charge is 0.163 e. The number of para-hydroxylation sites is 3. The summed E-state index contributed by atoms with van der Waals surface area (Å²) in [6.07, 6.45) is 1.21. The Labute approximate surface area is 199 Å². The fourth-order valence-electron chi connectivity index (χ4n) is 5.35. The summed E-state index contributed by atoms with van der Waals surface area (Å²) in [4.78, 5) is 13.8. The zero-order valence-electron chi connectivity index (χ0n) is 19.0. The first-order chi connectivity index (χ1) is 16.7. The van der Waals surface area contributed by atoms with E-state index in [1.165, 1.54) is 10.8 Å². The molecule has 4 nitrogen and oxygen atoms in total. The number of allylic oxidation sites excluding steroid dienone is 1. The molecule has 4 aromatic carbocycles. The van der Waals surface area contributed by atoms with Gasteiger partial charge in [0.2, 0.25) is 0 Å². The molecule has 2 unspecified atom stereocenters. The monoisotopic (exact) mass is 446 g/mol. The summed E-state index contributed by atoms with van der Waals surface area (Å²) < 4.78 is 5.62. The van der Waals surface area contributed by atoms with Crippen molar-refractivity contribution >= 4 is 27.9 Å². The number of fused-ring (bicyclic) bond motifs is 2. The number of benzene rings is 4. The highest BCUT2D eigenvalue weighted by molar-refractivity contribution is 6.01. The maximum absolute atomic E-state index is 13.8. The second-order valence-electron chi connectivity index (χ2n) is 9.02. The average Bonchev–Trinajstić information content (AvgIpc) is 3.05. The van der Waals surface area contributed by atoms with E-state index in [-0.39, 0.29) is 17.7 Å². The SMILES string of the molecule is COc1ccccc1C1CC(=O)C2=C(C1)Nc1ccccc1NC2c1ccc2ccccc2c1. The van der Waals surface area contributed by atoms with Crippen molar-refractivity contribution in [3.05, 3.63) is 113 Å². The van der Waals surface area contributed by atoms with Crippen LogP contribution in [0.5, 0.6) is 5.75 Å². The van der Waals surface area contributed by atoms with Gasteiger partial charge in [0.1, 0.15) is 5.75 Å². The molecule has 0 saturated heterocycles. The molecule has 0 radical (unpaired) electrons. The minimum Gasteiger partial charge on any atom is -0.496 e. The van der Waals surface area contributed by atoms with E-state index in [2.05, 4.69) is 71.3 Å². The minimum atomic E-state index is -0.220. The van der Waals surface area contributed by atoms with Crippen LogP contribution in [0, 0.1) is 0 Å². The van der Waals surface area contributed by atoms with Crippen molar-refractivity contribution in [1.82, 2.24) is 0 Å². The third-order valence-corrected chi connectivity index (χ3v) is 6.99. The van der Waals surface area contributed by atoms with Crippen molar-refractivity contribution < 1.29 is 9.53 Å². The Morgan fingerprint density at radius 2 is 1.53 bits per heavy atom. The molecule has 0 aromatic heterocycles. The van der Waals surface area contributed by atoms with Gasteiger partial charge in [0.25, 0.3) is 0 Å². The van der Waals surface area contributed by atoms with Gasteiger partial charge < -0.3 is 15.4 Å². The van der Waals surface area contributed by atoms with Gasteiger partial charge in [0, 0.05) is 23.6 Å². The first-order valence-corrected chi connectivity index (χ1v) is 11.7. The predicted molar refractivity (Wildman–Crippen MR) is 137 cm³/mol. The third-order valence-electron chi connectivity index (χ3n) is 6.99. The van der Waals surface area contributed by atoms with E-state index in [1.54, 1.807) is 7.11 Å². The van der Waals surface area contributed by atoms with Gasteiger partial charge in [-0.3, -0.25) is 4.79 Å². The lowest BCUT2D eigenvalue weighted by atomic mass is 9.78. The molecular weight excluding hydrogens is 420 g/mol. The van der Waals surface area contributed by atoms with Crippen LogP contribution in [0.4, 0.5) is 11.4 Å². The van der Waals surface area contributed by atoms with Crippen LogP contribution in [-0.2, 0) is 4.79 Å². The van der Waals surface area contributed by atoms with Gasteiger partial charge in [-0.05, 0) is 52.6 Å². The Hall–Kier alpha value is -4.05. The van der Waals surface area contributed by atoms with Gasteiger partial charge in [-0.2, -0.15) is 0 Å². The van der Waals surface area contributed by atoms with Crippen LogP contribution in [0.2, 0.25) is 0 Å².